The number of Topliss-reactive ketones (excluding diaryl/α,β-unsaturated/α-hetero) is 1. The van der Waals surface area contributed by atoms with Gasteiger partial charge in [-0.1, -0.05) is 22.5 Å². The molecule has 0 saturated carbocycles. The third kappa shape index (κ3) is 2.49. The van der Waals surface area contributed by atoms with Gasteiger partial charge in [-0.3, -0.25) is 4.79 Å². The summed E-state index contributed by atoms with van der Waals surface area (Å²) in [5.41, 5.74) is 0.719. The van der Waals surface area contributed by atoms with Gasteiger partial charge in [0, 0.05) is 10.0 Å². The number of ketones is 1. The average molecular weight is 243 g/mol. The summed E-state index contributed by atoms with van der Waals surface area (Å²) in [4.78, 5) is 11.4. The number of benzene rings is 1. The van der Waals surface area contributed by atoms with Gasteiger partial charge in [-0.05, 0) is 30.7 Å². The van der Waals surface area contributed by atoms with Crippen LogP contribution < -0.4 is 0 Å². The van der Waals surface area contributed by atoms with Crippen molar-refractivity contribution in [2.24, 2.45) is 0 Å². The molecule has 1 nitrogen and oxygen atoms in total. The Morgan fingerprint density at radius 2 is 2.08 bits per heavy atom. The lowest BCUT2D eigenvalue weighted by Gasteiger charge is -2.00. The first-order chi connectivity index (χ1) is 6.00. The molecular weight excluding hydrogens is 235 g/mol. The predicted molar refractivity (Wildman–Crippen MR) is 53.2 cm³/mol. The molecule has 0 aliphatic rings. The highest BCUT2D eigenvalue weighted by molar-refractivity contribution is 9.10. The number of hydrogen-bond donors (Lipinski definition) is 0. The maximum absolute atomic E-state index is 12.8. The Morgan fingerprint density at radius 1 is 1.46 bits per heavy atom. The van der Waals surface area contributed by atoms with Crippen molar-refractivity contribution in [3.63, 3.8) is 0 Å². The van der Waals surface area contributed by atoms with Crippen LogP contribution in [0.3, 0.4) is 0 Å². The van der Waals surface area contributed by atoms with Crippen LogP contribution in [0.4, 0.5) is 4.39 Å². The minimum atomic E-state index is -0.432. The first-order valence-electron chi connectivity index (χ1n) is 3.67. The molecule has 0 aliphatic carbocycles. The molecule has 0 atom stereocenters. The number of carbonyl (C=O) groups excluding carboxylic acids is 1. The van der Waals surface area contributed by atoms with Crippen molar-refractivity contribution < 1.29 is 9.18 Å². The molecule has 0 bridgehead atoms. The van der Waals surface area contributed by atoms with Crippen LogP contribution in [0.1, 0.15) is 17.3 Å². The van der Waals surface area contributed by atoms with Gasteiger partial charge < -0.3 is 0 Å². The Balaban J connectivity index is 3.15. The molecule has 0 radical (unpaired) electrons. The van der Waals surface area contributed by atoms with Gasteiger partial charge in [0.1, 0.15) is 5.82 Å². The maximum atomic E-state index is 12.8. The summed E-state index contributed by atoms with van der Waals surface area (Å²) in [6.07, 6.45) is 0. The summed E-state index contributed by atoms with van der Waals surface area (Å²) in [6, 6.07) is 4.07. The topological polar surface area (TPSA) is 17.1 Å². The maximum Gasteiger partial charge on any atom is 0.188 e. The standard InChI is InChI=1S/C10H8BrFO/c1-6(2)10(13)7-3-8(11)5-9(12)4-7/h3-5H,1H2,2H3. The Kier molecular flexibility index (Phi) is 2.98. The second kappa shape index (κ2) is 3.83. The number of carbonyl (C=O) groups is 1. The van der Waals surface area contributed by atoms with Gasteiger partial charge in [-0.25, -0.2) is 4.39 Å². The van der Waals surface area contributed by atoms with Crippen molar-refractivity contribution in [2.45, 2.75) is 6.92 Å². The van der Waals surface area contributed by atoms with Gasteiger partial charge in [0.2, 0.25) is 0 Å². The minimum Gasteiger partial charge on any atom is -0.289 e. The van der Waals surface area contributed by atoms with E-state index < -0.39 is 5.82 Å². The van der Waals surface area contributed by atoms with E-state index >= 15 is 0 Å². The zero-order valence-electron chi connectivity index (χ0n) is 7.10. The largest absolute Gasteiger partial charge is 0.289 e. The van der Waals surface area contributed by atoms with E-state index in [1.165, 1.54) is 12.1 Å². The van der Waals surface area contributed by atoms with Gasteiger partial charge in [0.25, 0.3) is 0 Å². The van der Waals surface area contributed by atoms with E-state index in [9.17, 15) is 9.18 Å². The SMILES string of the molecule is C=C(C)C(=O)c1cc(F)cc(Br)c1. The molecule has 0 spiro atoms. The van der Waals surface area contributed by atoms with Crippen molar-refractivity contribution in [1.29, 1.82) is 0 Å². The fourth-order valence-electron chi connectivity index (χ4n) is 0.931. The van der Waals surface area contributed by atoms with Gasteiger partial charge in [0.05, 0.1) is 0 Å². The van der Waals surface area contributed by atoms with E-state index in [0.717, 1.165) is 0 Å². The van der Waals surface area contributed by atoms with Crippen LogP contribution >= 0.6 is 15.9 Å². The quantitative estimate of drug-likeness (QED) is 0.575. The first-order valence-corrected chi connectivity index (χ1v) is 4.46. The summed E-state index contributed by atoms with van der Waals surface area (Å²) in [6.45, 7) is 5.10. The van der Waals surface area contributed by atoms with Crippen molar-refractivity contribution in [1.82, 2.24) is 0 Å². The smallest absolute Gasteiger partial charge is 0.188 e. The molecule has 1 rings (SSSR count). The number of allylic oxidation sites excluding steroid dienone is 1. The number of halogens is 2. The molecule has 0 aliphatic heterocycles. The molecule has 0 aromatic heterocycles. The minimum absolute atomic E-state index is 0.236. The Labute approximate surface area is 84.4 Å². The average Bonchev–Trinajstić information content (AvgIpc) is 2.01. The molecule has 1 aromatic carbocycles. The zero-order chi connectivity index (χ0) is 10.0. The monoisotopic (exact) mass is 242 g/mol. The Bertz CT molecular complexity index is 351. The van der Waals surface area contributed by atoms with Crippen LogP contribution in [0.5, 0.6) is 0 Å². The molecule has 68 valence electrons. The highest BCUT2D eigenvalue weighted by Gasteiger charge is 2.08. The van der Waals surface area contributed by atoms with Gasteiger partial charge in [-0.15, -0.1) is 0 Å². The fourth-order valence-corrected chi connectivity index (χ4v) is 1.40. The number of rotatable bonds is 2. The molecule has 0 unspecified atom stereocenters. The Hall–Kier alpha value is -0.960. The third-order valence-electron chi connectivity index (χ3n) is 1.51. The highest BCUT2D eigenvalue weighted by Crippen LogP contribution is 2.16. The fraction of sp³-hybridized carbons (Fsp3) is 0.100. The summed E-state index contributed by atoms with van der Waals surface area (Å²) < 4.78 is 13.4. The normalized spacial score (nSPS) is 9.77. The summed E-state index contributed by atoms with van der Waals surface area (Å²) in [7, 11) is 0. The molecule has 0 amide bonds. The molecule has 0 heterocycles. The molecule has 1 aromatic rings. The van der Waals surface area contributed by atoms with Crippen LogP contribution in [0.15, 0.2) is 34.8 Å². The van der Waals surface area contributed by atoms with E-state index in [0.29, 0.717) is 15.6 Å². The lowest BCUT2D eigenvalue weighted by atomic mass is 10.1. The van der Waals surface area contributed by atoms with E-state index in [2.05, 4.69) is 22.5 Å². The second-order valence-electron chi connectivity index (χ2n) is 2.77. The van der Waals surface area contributed by atoms with Crippen molar-refractivity contribution >= 4 is 21.7 Å². The van der Waals surface area contributed by atoms with Gasteiger partial charge in [-0.2, -0.15) is 0 Å². The molecule has 0 N–H and O–H groups in total. The molecule has 0 saturated heterocycles. The lowest BCUT2D eigenvalue weighted by molar-refractivity contribution is 0.103. The van der Waals surface area contributed by atoms with Crippen LogP contribution in [0.2, 0.25) is 0 Å². The van der Waals surface area contributed by atoms with E-state index in [1.54, 1.807) is 13.0 Å². The molecule has 3 heteroatoms. The molecule has 0 fully saturated rings. The van der Waals surface area contributed by atoms with Crippen LogP contribution in [-0.4, -0.2) is 5.78 Å². The van der Waals surface area contributed by atoms with Crippen molar-refractivity contribution in [3.05, 3.63) is 46.2 Å². The predicted octanol–water partition coefficient (Wildman–Crippen LogP) is 3.35. The second-order valence-corrected chi connectivity index (χ2v) is 3.68. The van der Waals surface area contributed by atoms with Crippen LogP contribution in [-0.2, 0) is 0 Å². The Morgan fingerprint density at radius 3 is 2.54 bits per heavy atom. The third-order valence-corrected chi connectivity index (χ3v) is 1.97. The van der Waals surface area contributed by atoms with E-state index in [4.69, 9.17) is 0 Å². The first kappa shape index (κ1) is 10.1. The van der Waals surface area contributed by atoms with Crippen molar-refractivity contribution in [3.8, 4) is 0 Å². The lowest BCUT2D eigenvalue weighted by Crippen LogP contribution is -1.99. The van der Waals surface area contributed by atoms with E-state index in [1.807, 2.05) is 0 Å². The van der Waals surface area contributed by atoms with E-state index in [-0.39, 0.29) is 5.78 Å². The summed E-state index contributed by atoms with van der Waals surface area (Å²) >= 11 is 3.11. The van der Waals surface area contributed by atoms with Gasteiger partial charge >= 0.3 is 0 Å². The molecule has 13 heavy (non-hydrogen) atoms. The van der Waals surface area contributed by atoms with Crippen molar-refractivity contribution in [2.75, 3.05) is 0 Å². The van der Waals surface area contributed by atoms with Crippen LogP contribution in [0.25, 0.3) is 0 Å². The van der Waals surface area contributed by atoms with Crippen LogP contribution in [0, 0.1) is 5.82 Å². The zero-order valence-corrected chi connectivity index (χ0v) is 8.69. The highest BCUT2D eigenvalue weighted by atomic mass is 79.9. The van der Waals surface area contributed by atoms with Gasteiger partial charge in [0.15, 0.2) is 5.78 Å². The summed E-state index contributed by atoms with van der Waals surface area (Å²) in [5, 5.41) is 0. The number of hydrogen-bond acceptors (Lipinski definition) is 1. The summed E-state index contributed by atoms with van der Waals surface area (Å²) in [5.74, 6) is -0.667. The molecular formula is C10H8BrFO.